The Hall–Kier alpha value is -2.68. The molecule has 0 radical (unpaired) electrons. The van der Waals surface area contributed by atoms with E-state index in [4.69, 9.17) is 4.74 Å². The SMILES string of the molecule is COc1cc([N+](=O)[O-])c(C(=O)NCCc2cc(F)cc(F)c2)cc1SC. The molecular weight excluding hydrogens is 366 g/mol. The molecule has 2 aromatic carbocycles. The number of nitro benzene ring substituents is 1. The minimum Gasteiger partial charge on any atom is -0.495 e. The van der Waals surface area contributed by atoms with Gasteiger partial charge in [-0.1, -0.05) is 0 Å². The average Bonchev–Trinajstić information content (AvgIpc) is 2.59. The van der Waals surface area contributed by atoms with Gasteiger partial charge >= 0.3 is 0 Å². The highest BCUT2D eigenvalue weighted by atomic mass is 32.2. The quantitative estimate of drug-likeness (QED) is 0.450. The number of rotatable bonds is 7. The molecule has 0 unspecified atom stereocenters. The van der Waals surface area contributed by atoms with Crippen LogP contribution in [0.1, 0.15) is 15.9 Å². The van der Waals surface area contributed by atoms with E-state index in [9.17, 15) is 23.7 Å². The summed E-state index contributed by atoms with van der Waals surface area (Å²) >= 11 is 1.28. The number of ether oxygens (including phenoxy) is 1. The molecule has 0 aliphatic heterocycles. The lowest BCUT2D eigenvalue weighted by molar-refractivity contribution is -0.385. The van der Waals surface area contributed by atoms with Gasteiger partial charge < -0.3 is 10.1 Å². The maximum atomic E-state index is 13.2. The van der Waals surface area contributed by atoms with Crippen LogP contribution in [-0.4, -0.2) is 30.7 Å². The summed E-state index contributed by atoms with van der Waals surface area (Å²) in [5.74, 6) is -1.76. The Bertz CT molecular complexity index is 826. The number of nitrogens with zero attached hydrogens (tertiary/aromatic N) is 1. The first kappa shape index (κ1) is 19.6. The molecule has 1 amide bonds. The van der Waals surface area contributed by atoms with Gasteiger partial charge in [0.15, 0.2) is 0 Å². The molecule has 0 aliphatic rings. The third-order valence-corrected chi connectivity index (χ3v) is 4.32. The summed E-state index contributed by atoms with van der Waals surface area (Å²) in [6.07, 6.45) is 1.93. The van der Waals surface area contributed by atoms with Gasteiger partial charge in [-0.15, -0.1) is 11.8 Å². The van der Waals surface area contributed by atoms with Crippen molar-refractivity contribution in [3.05, 3.63) is 63.2 Å². The topological polar surface area (TPSA) is 81.5 Å². The zero-order chi connectivity index (χ0) is 19.3. The van der Waals surface area contributed by atoms with Gasteiger partial charge in [0.25, 0.3) is 11.6 Å². The minimum atomic E-state index is -0.707. The van der Waals surface area contributed by atoms with E-state index in [0.29, 0.717) is 16.2 Å². The van der Waals surface area contributed by atoms with Crippen molar-refractivity contribution < 1.29 is 23.2 Å². The lowest BCUT2D eigenvalue weighted by Gasteiger charge is -2.10. The smallest absolute Gasteiger partial charge is 0.285 e. The van der Waals surface area contributed by atoms with Crippen LogP contribution in [0.5, 0.6) is 5.75 Å². The number of carbonyl (C=O) groups excluding carboxylic acids is 1. The third-order valence-electron chi connectivity index (χ3n) is 3.56. The lowest BCUT2D eigenvalue weighted by atomic mass is 10.1. The monoisotopic (exact) mass is 382 g/mol. The highest BCUT2D eigenvalue weighted by Gasteiger charge is 2.23. The Morgan fingerprint density at radius 3 is 2.42 bits per heavy atom. The Morgan fingerprint density at radius 2 is 1.88 bits per heavy atom. The number of hydrogen-bond donors (Lipinski definition) is 1. The Morgan fingerprint density at radius 1 is 1.23 bits per heavy atom. The summed E-state index contributed by atoms with van der Waals surface area (Å²) in [7, 11) is 1.39. The number of halogens is 2. The number of benzene rings is 2. The fourth-order valence-corrected chi connectivity index (χ4v) is 2.95. The molecule has 9 heteroatoms. The van der Waals surface area contributed by atoms with Crippen LogP contribution in [-0.2, 0) is 6.42 Å². The molecule has 138 valence electrons. The number of nitro groups is 1. The second-order valence-corrected chi connectivity index (χ2v) is 6.11. The summed E-state index contributed by atoms with van der Waals surface area (Å²) < 4.78 is 31.4. The molecule has 0 aliphatic carbocycles. The van der Waals surface area contributed by atoms with Crippen molar-refractivity contribution in [2.24, 2.45) is 0 Å². The molecule has 6 nitrogen and oxygen atoms in total. The van der Waals surface area contributed by atoms with Gasteiger partial charge in [-0.05, 0) is 36.4 Å². The third kappa shape index (κ3) is 4.69. The largest absolute Gasteiger partial charge is 0.495 e. The highest BCUT2D eigenvalue weighted by molar-refractivity contribution is 7.98. The Kier molecular flexibility index (Phi) is 6.51. The van der Waals surface area contributed by atoms with Crippen LogP contribution in [0.15, 0.2) is 35.2 Å². The molecule has 0 aromatic heterocycles. The van der Waals surface area contributed by atoms with Crippen LogP contribution in [0.3, 0.4) is 0 Å². The van der Waals surface area contributed by atoms with Crippen LogP contribution < -0.4 is 10.1 Å². The van der Waals surface area contributed by atoms with Crippen molar-refractivity contribution in [3.63, 3.8) is 0 Å². The number of thioether (sulfide) groups is 1. The zero-order valence-electron chi connectivity index (χ0n) is 14.0. The molecule has 0 bridgehead atoms. The van der Waals surface area contributed by atoms with Crippen molar-refractivity contribution in [1.29, 1.82) is 0 Å². The van der Waals surface area contributed by atoms with Gasteiger partial charge in [0.2, 0.25) is 0 Å². The van der Waals surface area contributed by atoms with E-state index in [-0.39, 0.29) is 24.2 Å². The second-order valence-electron chi connectivity index (χ2n) is 5.27. The van der Waals surface area contributed by atoms with Crippen LogP contribution >= 0.6 is 11.8 Å². The van der Waals surface area contributed by atoms with Crippen molar-refractivity contribution in [2.75, 3.05) is 19.9 Å². The predicted molar refractivity (Wildman–Crippen MR) is 93.8 cm³/mol. The number of hydrogen-bond acceptors (Lipinski definition) is 5. The van der Waals surface area contributed by atoms with Crippen LogP contribution in [0.25, 0.3) is 0 Å². The van der Waals surface area contributed by atoms with Crippen molar-refractivity contribution in [3.8, 4) is 5.75 Å². The van der Waals surface area contributed by atoms with E-state index in [2.05, 4.69) is 5.32 Å². The molecule has 0 fully saturated rings. The van der Waals surface area contributed by atoms with Gasteiger partial charge in [-0.25, -0.2) is 8.78 Å². The number of amides is 1. The fourth-order valence-electron chi connectivity index (χ4n) is 2.37. The summed E-state index contributed by atoms with van der Waals surface area (Å²) in [5, 5.41) is 13.8. The maximum absolute atomic E-state index is 13.2. The van der Waals surface area contributed by atoms with Crippen molar-refractivity contribution in [2.45, 2.75) is 11.3 Å². The molecule has 0 saturated carbocycles. The predicted octanol–water partition coefficient (Wildman–Crippen LogP) is 3.58. The summed E-state index contributed by atoms with van der Waals surface area (Å²) in [6.45, 7) is 0.0690. The highest BCUT2D eigenvalue weighted by Crippen LogP contribution is 2.34. The van der Waals surface area contributed by atoms with Gasteiger partial charge in [-0.3, -0.25) is 14.9 Å². The van der Waals surface area contributed by atoms with Gasteiger partial charge in [0.1, 0.15) is 22.9 Å². The fraction of sp³-hybridized carbons (Fsp3) is 0.235. The van der Waals surface area contributed by atoms with Crippen LogP contribution in [0.2, 0.25) is 0 Å². The van der Waals surface area contributed by atoms with E-state index in [0.717, 1.165) is 18.2 Å². The van der Waals surface area contributed by atoms with Crippen molar-refractivity contribution in [1.82, 2.24) is 5.32 Å². The Labute approximate surface area is 152 Å². The first-order chi connectivity index (χ1) is 12.3. The molecule has 0 spiro atoms. The normalized spacial score (nSPS) is 10.5. The van der Waals surface area contributed by atoms with Gasteiger partial charge in [0, 0.05) is 12.6 Å². The van der Waals surface area contributed by atoms with Gasteiger partial charge in [-0.2, -0.15) is 0 Å². The first-order valence-electron chi connectivity index (χ1n) is 7.49. The molecule has 2 aromatic rings. The van der Waals surface area contributed by atoms with E-state index in [1.165, 1.54) is 31.0 Å². The second kappa shape index (κ2) is 8.61. The minimum absolute atomic E-state index is 0.0690. The molecule has 26 heavy (non-hydrogen) atoms. The van der Waals surface area contributed by atoms with Gasteiger partial charge in [0.05, 0.1) is 23.0 Å². The Balaban J connectivity index is 2.16. The standard InChI is InChI=1S/C17H16F2N2O4S/c1-25-15-9-14(21(23)24)13(8-16(15)26-2)17(22)20-4-3-10-5-11(18)7-12(19)6-10/h5-9H,3-4H2,1-2H3,(H,20,22). The zero-order valence-corrected chi connectivity index (χ0v) is 14.9. The lowest BCUT2D eigenvalue weighted by Crippen LogP contribution is -2.26. The summed E-state index contributed by atoms with van der Waals surface area (Å²) in [5.41, 5.74) is -0.114. The molecule has 0 saturated heterocycles. The summed E-state index contributed by atoms with van der Waals surface area (Å²) in [4.78, 5) is 23.5. The first-order valence-corrected chi connectivity index (χ1v) is 8.71. The number of carbonyl (C=O) groups is 1. The molecule has 0 heterocycles. The number of nitrogens with one attached hydrogen (secondary N) is 1. The number of methoxy groups -OCH3 is 1. The van der Waals surface area contributed by atoms with E-state index >= 15 is 0 Å². The van der Waals surface area contributed by atoms with E-state index < -0.39 is 22.5 Å². The van der Waals surface area contributed by atoms with Crippen LogP contribution in [0.4, 0.5) is 14.5 Å². The van der Waals surface area contributed by atoms with E-state index in [1.54, 1.807) is 6.26 Å². The van der Waals surface area contributed by atoms with Crippen molar-refractivity contribution >= 4 is 23.4 Å². The van der Waals surface area contributed by atoms with Crippen LogP contribution in [0, 0.1) is 21.7 Å². The summed E-state index contributed by atoms with van der Waals surface area (Å²) in [6, 6.07) is 5.67. The molecule has 2 rings (SSSR count). The molecular formula is C17H16F2N2O4S. The molecule has 1 N–H and O–H groups in total. The molecule has 0 atom stereocenters. The average molecular weight is 382 g/mol. The maximum Gasteiger partial charge on any atom is 0.285 e. The van der Waals surface area contributed by atoms with E-state index in [1.807, 2.05) is 0 Å².